The molecule has 0 unspecified atom stereocenters. The molecule has 0 bridgehead atoms. The lowest BCUT2D eigenvalue weighted by molar-refractivity contribution is 0.461. The average Bonchev–Trinajstić information content (AvgIpc) is 1.87. The molecule has 0 radical (unpaired) electrons. The molecule has 0 fully saturated rings. The Morgan fingerprint density at radius 1 is 1.56 bits per heavy atom. The van der Waals surface area contributed by atoms with E-state index in [0.29, 0.717) is 12.1 Å². The molecule has 0 aliphatic heterocycles. The Hall–Kier alpha value is -0.0800. The van der Waals surface area contributed by atoms with Crippen molar-refractivity contribution in [2.24, 2.45) is 5.73 Å². The Morgan fingerprint density at radius 2 is 2.11 bits per heavy atom. The van der Waals surface area contributed by atoms with Crippen molar-refractivity contribution in [3.8, 4) is 0 Å². The molecule has 0 saturated heterocycles. The predicted molar refractivity (Wildman–Crippen MR) is 41.4 cm³/mol. The molecular formula is C7H18N2. The van der Waals surface area contributed by atoms with Gasteiger partial charge < -0.3 is 11.1 Å². The number of likely N-dealkylation sites (N-methyl/N-ethyl adjacent to an activating group) is 1. The highest BCUT2D eigenvalue weighted by molar-refractivity contribution is 4.72. The van der Waals surface area contributed by atoms with E-state index in [4.69, 9.17) is 5.73 Å². The number of rotatable bonds is 4. The molecule has 2 heteroatoms. The van der Waals surface area contributed by atoms with Crippen LogP contribution >= 0.6 is 0 Å². The lowest BCUT2D eigenvalue weighted by Crippen LogP contribution is -2.40. The van der Waals surface area contributed by atoms with Crippen LogP contribution in [0.1, 0.15) is 26.7 Å². The van der Waals surface area contributed by atoms with Crippen molar-refractivity contribution in [2.75, 3.05) is 7.05 Å². The molecule has 0 saturated carbocycles. The van der Waals surface area contributed by atoms with E-state index >= 15 is 0 Å². The summed E-state index contributed by atoms with van der Waals surface area (Å²) < 4.78 is 0. The molecule has 0 aliphatic rings. The minimum Gasteiger partial charge on any atom is -0.326 e. The summed E-state index contributed by atoms with van der Waals surface area (Å²) in [6, 6.07) is 0.768. The largest absolute Gasteiger partial charge is 0.326 e. The van der Waals surface area contributed by atoms with E-state index < -0.39 is 0 Å². The summed E-state index contributed by atoms with van der Waals surface area (Å²) in [5.41, 5.74) is 5.78. The minimum atomic E-state index is 0.319. The summed E-state index contributed by atoms with van der Waals surface area (Å²) in [6.45, 7) is 4.27. The first-order valence-electron chi connectivity index (χ1n) is 3.65. The van der Waals surface area contributed by atoms with Gasteiger partial charge in [0.25, 0.3) is 0 Å². The molecule has 3 N–H and O–H groups in total. The molecule has 9 heavy (non-hydrogen) atoms. The molecule has 0 rings (SSSR count). The van der Waals surface area contributed by atoms with Crippen molar-refractivity contribution in [1.82, 2.24) is 5.32 Å². The standard InChI is InChI=1S/C7H18N2/c1-4-5-7(8)6(2)9-3/h6-7,9H,4-5,8H2,1-3H3/t6-,7-/m0/s1. The third-order valence-electron chi connectivity index (χ3n) is 1.72. The van der Waals surface area contributed by atoms with Crippen LogP contribution in [0, 0.1) is 0 Å². The van der Waals surface area contributed by atoms with Crippen molar-refractivity contribution in [2.45, 2.75) is 38.8 Å². The van der Waals surface area contributed by atoms with E-state index in [1.165, 1.54) is 6.42 Å². The van der Waals surface area contributed by atoms with Gasteiger partial charge >= 0.3 is 0 Å². The molecule has 0 aliphatic carbocycles. The van der Waals surface area contributed by atoms with Crippen LogP contribution in [0.25, 0.3) is 0 Å². The van der Waals surface area contributed by atoms with Crippen LogP contribution in [0.4, 0.5) is 0 Å². The van der Waals surface area contributed by atoms with Gasteiger partial charge in [-0.1, -0.05) is 13.3 Å². The summed E-state index contributed by atoms with van der Waals surface area (Å²) in [5.74, 6) is 0. The molecule has 2 nitrogen and oxygen atoms in total. The van der Waals surface area contributed by atoms with Gasteiger partial charge in [-0.25, -0.2) is 0 Å². The summed E-state index contributed by atoms with van der Waals surface area (Å²) in [5, 5.41) is 3.12. The highest BCUT2D eigenvalue weighted by atomic mass is 14.9. The fourth-order valence-corrected chi connectivity index (χ4v) is 0.797. The van der Waals surface area contributed by atoms with E-state index in [1.54, 1.807) is 0 Å². The van der Waals surface area contributed by atoms with Gasteiger partial charge in [0.1, 0.15) is 0 Å². The van der Waals surface area contributed by atoms with Gasteiger partial charge in [0.05, 0.1) is 0 Å². The Kier molecular flexibility index (Phi) is 4.72. The molecular weight excluding hydrogens is 112 g/mol. The van der Waals surface area contributed by atoms with Crippen molar-refractivity contribution >= 4 is 0 Å². The second-order valence-corrected chi connectivity index (χ2v) is 2.53. The Labute approximate surface area is 57.8 Å². The molecule has 56 valence electrons. The van der Waals surface area contributed by atoms with Crippen molar-refractivity contribution in [3.05, 3.63) is 0 Å². The Balaban J connectivity index is 3.32. The second kappa shape index (κ2) is 4.77. The van der Waals surface area contributed by atoms with Crippen LogP contribution in [-0.2, 0) is 0 Å². The van der Waals surface area contributed by atoms with E-state index in [-0.39, 0.29) is 0 Å². The van der Waals surface area contributed by atoms with Gasteiger partial charge in [-0.15, -0.1) is 0 Å². The Morgan fingerprint density at radius 3 is 2.44 bits per heavy atom. The number of nitrogens with two attached hydrogens (primary N) is 1. The molecule has 2 atom stereocenters. The van der Waals surface area contributed by atoms with Crippen LogP contribution in [0.2, 0.25) is 0 Å². The normalized spacial score (nSPS) is 17.3. The molecule has 0 amide bonds. The van der Waals surface area contributed by atoms with Crippen LogP contribution in [0.5, 0.6) is 0 Å². The third-order valence-corrected chi connectivity index (χ3v) is 1.72. The zero-order valence-corrected chi connectivity index (χ0v) is 6.65. The molecule has 0 aromatic heterocycles. The van der Waals surface area contributed by atoms with Gasteiger partial charge in [-0.2, -0.15) is 0 Å². The maximum atomic E-state index is 5.78. The zero-order valence-electron chi connectivity index (χ0n) is 6.65. The van der Waals surface area contributed by atoms with Gasteiger partial charge in [-0.05, 0) is 20.4 Å². The maximum absolute atomic E-state index is 5.78. The molecule has 0 spiro atoms. The first kappa shape index (κ1) is 8.92. The van der Waals surface area contributed by atoms with Crippen molar-refractivity contribution in [3.63, 3.8) is 0 Å². The van der Waals surface area contributed by atoms with Crippen molar-refractivity contribution in [1.29, 1.82) is 0 Å². The summed E-state index contributed by atoms with van der Waals surface area (Å²) in [7, 11) is 1.94. The van der Waals surface area contributed by atoms with Gasteiger partial charge in [0, 0.05) is 12.1 Å². The molecule has 0 aromatic rings. The second-order valence-electron chi connectivity index (χ2n) is 2.53. The fraction of sp³-hybridized carbons (Fsp3) is 1.00. The molecule has 0 aromatic carbocycles. The smallest absolute Gasteiger partial charge is 0.0191 e. The summed E-state index contributed by atoms with van der Waals surface area (Å²) in [4.78, 5) is 0. The van der Waals surface area contributed by atoms with E-state index in [2.05, 4.69) is 19.2 Å². The topological polar surface area (TPSA) is 38.0 Å². The Bertz CT molecular complexity index is 63.9. The van der Waals surface area contributed by atoms with Crippen molar-refractivity contribution < 1.29 is 0 Å². The SMILES string of the molecule is CCC[C@H](N)[C@H](C)NC. The fourth-order valence-electron chi connectivity index (χ4n) is 0.797. The zero-order chi connectivity index (χ0) is 7.28. The molecule has 0 heterocycles. The first-order valence-corrected chi connectivity index (χ1v) is 3.65. The van der Waals surface area contributed by atoms with Crippen LogP contribution in [0.15, 0.2) is 0 Å². The first-order chi connectivity index (χ1) is 4.22. The predicted octanol–water partition coefficient (Wildman–Crippen LogP) is 0.722. The highest BCUT2D eigenvalue weighted by Crippen LogP contribution is 1.97. The highest BCUT2D eigenvalue weighted by Gasteiger charge is 2.07. The van der Waals surface area contributed by atoms with Crippen LogP contribution in [0.3, 0.4) is 0 Å². The number of hydrogen-bond acceptors (Lipinski definition) is 2. The van der Waals surface area contributed by atoms with E-state index in [9.17, 15) is 0 Å². The quantitative estimate of drug-likeness (QED) is 0.588. The minimum absolute atomic E-state index is 0.319. The average molecular weight is 130 g/mol. The van der Waals surface area contributed by atoms with Gasteiger partial charge in [-0.3, -0.25) is 0 Å². The monoisotopic (exact) mass is 130 g/mol. The van der Waals surface area contributed by atoms with E-state index in [1.807, 2.05) is 7.05 Å². The maximum Gasteiger partial charge on any atom is 0.0191 e. The third kappa shape index (κ3) is 3.49. The van der Waals surface area contributed by atoms with Gasteiger partial charge in [0.2, 0.25) is 0 Å². The van der Waals surface area contributed by atoms with Crippen LogP contribution in [-0.4, -0.2) is 19.1 Å². The number of hydrogen-bond donors (Lipinski definition) is 2. The lowest BCUT2D eigenvalue weighted by Gasteiger charge is -2.17. The summed E-state index contributed by atoms with van der Waals surface area (Å²) in [6.07, 6.45) is 2.29. The summed E-state index contributed by atoms with van der Waals surface area (Å²) >= 11 is 0. The number of nitrogens with one attached hydrogen (secondary N) is 1. The van der Waals surface area contributed by atoms with E-state index in [0.717, 1.165) is 6.42 Å². The van der Waals surface area contributed by atoms with Crippen LogP contribution < -0.4 is 11.1 Å². The lowest BCUT2D eigenvalue weighted by atomic mass is 10.1. The van der Waals surface area contributed by atoms with Gasteiger partial charge in [0.15, 0.2) is 0 Å².